The first-order chi connectivity index (χ1) is 11.5. The van der Waals surface area contributed by atoms with E-state index in [-0.39, 0.29) is 37.4 Å². The van der Waals surface area contributed by atoms with Gasteiger partial charge in [-0.3, -0.25) is 4.79 Å². The first-order valence-corrected chi connectivity index (χ1v) is 7.20. The Bertz CT molecular complexity index is 628. The molecule has 0 fully saturated rings. The van der Waals surface area contributed by atoms with Crippen LogP contribution in [0.5, 0.6) is 0 Å². The SMILES string of the molecule is N#C/C(=C/NCc1ccc(C(=O)O)cc1)C(=O)N(CCO)CCO. The Kier molecular flexibility index (Phi) is 7.98. The number of hydrogen-bond acceptors (Lipinski definition) is 6. The van der Waals surface area contributed by atoms with Gasteiger partial charge in [-0.1, -0.05) is 12.1 Å². The van der Waals surface area contributed by atoms with Crippen molar-refractivity contribution in [3.05, 3.63) is 47.2 Å². The van der Waals surface area contributed by atoms with Crippen LogP contribution in [0.3, 0.4) is 0 Å². The molecule has 8 heteroatoms. The van der Waals surface area contributed by atoms with Gasteiger partial charge in [0, 0.05) is 25.8 Å². The summed E-state index contributed by atoms with van der Waals surface area (Å²) in [6.45, 7) is -0.190. The maximum absolute atomic E-state index is 12.1. The number of nitrogens with one attached hydrogen (secondary N) is 1. The van der Waals surface area contributed by atoms with Gasteiger partial charge in [0.05, 0.1) is 18.8 Å². The number of carbonyl (C=O) groups is 2. The number of aromatic carboxylic acids is 1. The number of benzene rings is 1. The number of rotatable bonds is 9. The van der Waals surface area contributed by atoms with Crippen LogP contribution in [0, 0.1) is 11.3 Å². The highest BCUT2D eigenvalue weighted by atomic mass is 16.4. The number of carboxylic acid groups (broad SMARTS) is 1. The van der Waals surface area contributed by atoms with Gasteiger partial charge in [0.2, 0.25) is 0 Å². The summed E-state index contributed by atoms with van der Waals surface area (Å²) in [5.74, 6) is -1.60. The summed E-state index contributed by atoms with van der Waals surface area (Å²) in [6.07, 6.45) is 1.26. The third kappa shape index (κ3) is 5.72. The largest absolute Gasteiger partial charge is 0.478 e. The van der Waals surface area contributed by atoms with Crippen LogP contribution in [0.4, 0.5) is 0 Å². The molecule has 0 bridgehead atoms. The average Bonchev–Trinajstić information content (AvgIpc) is 2.58. The third-order valence-corrected chi connectivity index (χ3v) is 3.13. The first-order valence-electron chi connectivity index (χ1n) is 7.20. The van der Waals surface area contributed by atoms with Crippen molar-refractivity contribution in [1.29, 1.82) is 5.26 Å². The Morgan fingerprint density at radius 2 is 1.75 bits per heavy atom. The van der Waals surface area contributed by atoms with Crippen LogP contribution in [-0.2, 0) is 11.3 Å². The molecule has 0 radical (unpaired) electrons. The Morgan fingerprint density at radius 3 is 2.21 bits per heavy atom. The number of hydrogen-bond donors (Lipinski definition) is 4. The van der Waals surface area contributed by atoms with Crippen LogP contribution in [0.2, 0.25) is 0 Å². The maximum atomic E-state index is 12.1. The molecule has 24 heavy (non-hydrogen) atoms. The lowest BCUT2D eigenvalue weighted by atomic mass is 10.1. The second kappa shape index (κ2) is 9.99. The van der Waals surface area contributed by atoms with Gasteiger partial charge in [0.25, 0.3) is 5.91 Å². The standard InChI is InChI=1S/C16H19N3O5/c17-9-14(15(22)19(5-7-20)6-8-21)11-18-10-12-1-3-13(4-2-12)16(23)24/h1-4,11,18,20-21H,5-8,10H2,(H,23,24)/b14-11-. The summed E-state index contributed by atoms with van der Waals surface area (Å²) >= 11 is 0. The molecule has 0 aliphatic rings. The topological polar surface area (TPSA) is 134 Å². The summed E-state index contributed by atoms with van der Waals surface area (Å²) < 4.78 is 0. The second-order valence-corrected chi connectivity index (χ2v) is 4.79. The van der Waals surface area contributed by atoms with E-state index in [2.05, 4.69) is 5.32 Å². The predicted molar refractivity (Wildman–Crippen MR) is 84.7 cm³/mol. The van der Waals surface area contributed by atoms with Crippen molar-refractivity contribution < 1.29 is 24.9 Å². The monoisotopic (exact) mass is 333 g/mol. The molecule has 0 heterocycles. The number of aliphatic hydroxyl groups excluding tert-OH is 2. The third-order valence-electron chi connectivity index (χ3n) is 3.13. The number of nitriles is 1. The summed E-state index contributed by atoms with van der Waals surface area (Å²) in [4.78, 5) is 24.1. The van der Waals surface area contributed by atoms with Crippen molar-refractivity contribution in [2.75, 3.05) is 26.3 Å². The van der Waals surface area contributed by atoms with Gasteiger partial charge in [0.1, 0.15) is 11.6 Å². The van der Waals surface area contributed by atoms with E-state index in [1.54, 1.807) is 18.2 Å². The predicted octanol–water partition coefficient (Wildman–Crippen LogP) is -0.305. The fraction of sp³-hybridized carbons (Fsp3) is 0.312. The minimum atomic E-state index is -1.01. The molecule has 4 N–H and O–H groups in total. The maximum Gasteiger partial charge on any atom is 0.335 e. The highest BCUT2D eigenvalue weighted by molar-refractivity contribution is 5.97. The van der Waals surface area contributed by atoms with Crippen LogP contribution in [-0.4, -0.2) is 58.4 Å². The molecule has 128 valence electrons. The molecule has 8 nitrogen and oxygen atoms in total. The number of aliphatic hydroxyl groups is 2. The van der Waals surface area contributed by atoms with E-state index in [9.17, 15) is 9.59 Å². The van der Waals surface area contributed by atoms with Crippen molar-refractivity contribution >= 4 is 11.9 Å². The summed E-state index contributed by atoms with van der Waals surface area (Å²) in [7, 11) is 0. The molecule has 0 saturated carbocycles. The minimum Gasteiger partial charge on any atom is -0.478 e. The molecule has 1 aromatic rings. The highest BCUT2D eigenvalue weighted by Gasteiger charge is 2.17. The number of carboxylic acids is 1. The fourth-order valence-electron chi connectivity index (χ4n) is 1.90. The van der Waals surface area contributed by atoms with E-state index in [1.807, 2.05) is 0 Å². The van der Waals surface area contributed by atoms with Gasteiger partial charge < -0.3 is 25.5 Å². The van der Waals surface area contributed by atoms with E-state index in [0.717, 1.165) is 5.56 Å². The molecule has 0 saturated heterocycles. The molecule has 1 aromatic carbocycles. The van der Waals surface area contributed by atoms with Gasteiger partial charge in [-0.2, -0.15) is 5.26 Å². The van der Waals surface area contributed by atoms with Gasteiger partial charge in [-0.05, 0) is 17.7 Å². The van der Waals surface area contributed by atoms with Gasteiger partial charge in [0.15, 0.2) is 0 Å². The Morgan fingerprint density at radius 1 is 1.17 bits per heavy atom. The summed E-state index contributed by atoms with van der Waals surface area (Å²) in [5.41, 5.74) is 0.799. The van der Waals surface area contributed by atoms with Gasteiger partial charge in [-0.25, -0.2) is 4.79 Å². The van der Waals surface area contributed by atoms with Crippen LogP contribution < -0.4 is 5.32 Å². The van der Waals surface area contributed by atoms with E-state index >= 15 is 0 Å². The van der Waals surface area contributed by atoms with Gasteiger partial charge in [-0.15, -0.1) is 0 Å². The van der Waals surface area contributed by atoms with Gasteiger partial charge >= 0.3 is 5.97 Å². The van der Waals surface area contributed by atoms with E-state index < -0.39 is 11.9 Å². The van der Waals surface area contributed by atoms with Crippen molar-refractivity contribution in [2.45, 2.75) is 6.54 Å². The quantitative estimate of drug-likeness (QED) is 0.360. The lowest BCUT2D eigenvalue weighted by molar-refractivity contribution is -0.127. The molecule has 0 atom stereocenters. The molecule has 0 unspecified atom stereocenters. The number of amides is 1. The van der Waals surface area contributed by atoms with Crippen molar-refractivity contribution in [2.24, 2.45) is 0 Å². The van der Waals surface area contributed by atoms with Crippen molar-refractivity contribution in [3.8, 4) is 6.07 Å². The zero-order chi connectivity index (χ0) is 17.9. The Hall–Kier alpha value is -2.89. The summed E-state index contributed by atoms with van der Waals surface area (Å²) in [6, 6.07) is 7.95. The van der Waals surface area contributed by atoms with Crippen LogP contribution in [0.15, 0.2) is 36.0 Å². The molecule has 1 rings (SSSR count). The molecular formula is C16H19N3O5. The molecule has 0 aromatic heterocycles. The Labute approximate surface area is 139 Å². The highest BCUT2D eigenvalue weighted by Crippen LogP contribution is 2.05. The normalized spacial score (nSPS) is 10.8. The first kappa shape index (κ1) is 19.2. The van der Waals surface area contributed by atoms with E-state index in [1.165, 1.54) is 23.2 Å². The lowest BCUT2D eigenvalue weighted by Crippen LogP contribution is -2.37. The molecule has 0 aliphatic heterocycles. The molecule has 0 spiro atoms. The van der Waals surface area contributed by atoms with Crippen molar-refractivity contribution in [3.63, 3.8) is 0 Å². The fourth-order valence-corrected chi connectivity index (χ4v) is 1.90. The van der Waals surface area contributed by atoms with E-state index in [4.69, 9.17) is 20.6 Å². The smallest absolute Gasteiger partial charge is 0.335 e. The molecule has 0 aliphatic carbocycles. The van der Waals surface area contributed by atoms with Crippen LogP contribution in [0.1, 0.15) is 15.9 Å². The Balaban J connectivity index is 2.69. The molecule has 1 amide bonds. The zero-order valence-corrected chi connectivity index (χ0v) is 13.0. The second-order valence-electron chi connectivity index (χ2n) is 4.79. The van der Waals surface area contributed by atoms with Crippen LogP contribution in [0.25, 0.3) is 0 Å². The number of carbonyl (C=O) groups excluding carboxylic acids is 1. The van der Waals surface area contributed by atoms with E-state index in [0.29, 0.717) is 6.54 Å². The average molecular weight is 333 g/mol. The minimum absolute atomic E-state index is 0.0229. The zero-order valence-electron chi connectivity index (χ0n) is 13.0. The summed E-state index contributed by atoms with van der Waals surface area (Å²) in [5, 5.41) is 38.6. The lowest BCUT2D eigenvalue weighted by Gasteiger charge is -2.20. The molecular weight excluding hydrogens is 314 g/mol. The van der Waals surface area contributed by atoms with Crippen LogP contribution >= 0.6 is 0 Å². The number of nitrogens with zero attached hydrogens (tertiary/aromatic N) is 2. The van der Waals surface area contributed by atoms with Crippen molar-refractivity contribution in [1.82, 2.24) is 10.2 Å².